The predicted molar refractivity (Wildman–Crippen MR) is 91.0 cm³/mol. The minimum atomic E-state index is -1.09. The summed E-state index contributed by atoms with van der Waals surface area (Å²) < 4.78 is 18.0. The summed E-state index contributed by atoms with van der Waals surface area (Å²) in [6, 6.07) is 0. The number of aliphatic hydroxyl groups excluding tert-OH is 1. The molecule has 0 radical (unpaired) electrons. The highest BCUT2D eigenvalue weighted by molar-refractivity contribution is 5.80. The number of carbonyl (C=O) groups is 1. The first kappa shape index (κ1) is 17.4. The van der Waals surface area contributed by atoms with Gasteiger partial charge in [0.2, 0.25) is 0 Å². The monoisotopic (exact) mass is 366 g/mol. The van der Waals surface area contributed by atoms with Gasteiger partial charge in [0.1, 0.15) is 11.7 Å². The molecule has 146 valence electrons. The third-order valence-corrected chi connectivity index (χ3v) is 8.66. The Kier molecular flexibility index (Phi) is 3.23. The Bertz CT molecular complexity index is 663. The van der Waals surface area contributed by atoms with E-state index in [4.69, 9.17) is 14.2 Å². The van der Waals surface area contributed by atoms with Gasteiger partial charge in [-0.3, -0.25) is 4.79 Å². The number of aliphatic hydroxyl groups is 2. The summed E-state index contributed by atoms with van der Waals surface area (Å²) in [5.74, 6) is -0.0579. The molecule has 26 heavy (non-hydrogen) atoms. The van der Waals surface area contributed by atoms with Crippen molar-refractivity contribution >= 4 is 5.97 Å². The quantitative estimate of drug-likeness (QED) is 0.637. The minimum absolute atomic E-state index is 0.0545. The van der Waals surface area contributed by atoms with Gasteiger partial charge in [0.25, 0.3) is 0 Å². The van der Waals surface area contributed by atoms with Crippen LogP contribution in [-0.2, 0) is 19.0 Å². The first-order valence-electron chi connectivity index (χ1n) is 10.0. The largest absolute Gasteiger partial charge is 0.461 e. The number of rotatable bonds is 0. The molecule has 5 aliphatic rings. The van der Waals surface area contributed by atoms with E-state index < -0.39 is 28.5 Å². The van der Waals surface area contributed by atoms with Gasteiger partial charge in [0.05, 0.1) is 23.2 Å². The number of fused-ring (bicyclic) bond motifs is 1. The molecule has 2 aliphatic carbocycles. The lowest BCUT2D eigenvalue weighted by Crippen LogP contribution is -2.72. The maximum absolute atomic E-state index is 12.7. The minimum Gasteiger partial charge on any atom is -0.461 e. The Morgan fingerprint density at radius 1 is 1.08 bits per heavy atom. The summed E-state index contributed by atoms with van der Waals surface area (Å²) in [4.78, 5) is 12.7. The molecule has 0 aromatic carbocycles. The van der Waals surface area contributed by atoms with Crippen LogP contribution in [0, 0.1) is 16.7 Å². The fourth-order valence-electron chi connectivity index (χ4n) is 7.60. The molecule has 2 saturated carbocycles. The van der Waals surface area contributed by atoms with E-state index in [9.17, 15) is 15.0 Å². The average molecular weight is 366 g/mol. The van der Waals surface area contributed by atoms with Crippen LogP contribution in [0.2, 0.25) is 0 Å². The lowest BCUT2D eigenvalue weighted by atomic mass is 9.43. The molecule has 5 rings (SSSR count). The molecular weight excluding hydrogens is 336 g/mol. The Balaban J connectivity index is 1.62. The van der Waals surface area contributed by atoms with Crippen molar-refractivity contribution in [2.45, 2.75) is 94.9 Å². The van der Waals surface area contributed by atoms with Gasteiger partial charge >= 0.3 is 5.97 Å². The normalized spacial score (nSPS) is 61.3. The summed E-state index contributed by atoms with van der Waals surface area (Å²) in [6.07, 6.45) is 3.98. The van der Waals surface area contributed by atoms with Gasteiger partial charge in [0.15, 0.2) is 6.29 Å². The van der Waals surface area contributed by atoms with Crippen molar-refractivity contribution in [3.8, 4) is 0 Å². The molecule has 0 bridgehead atoms. The van der Waals surface area contributed by atoms with Crippen LogP contribution >= 0.6 is 0 Å². The topological polar surface area (TPSA) is 85.2 Å². The molecule has 3 saturated heterocycles. The second kappa shape index (κ2) is 4.83. The zero-order valence-electron chi connectivity index (χ0n) is 15.9. The number of ether oxygens (including phenoxy) is 3. The maximum atomic E-state index is 12.7. The second-order valence-electron chi connectivity index (χ2n) is 10.2. The zero-order valence-corrected chi connectivity index (χ0v) is 15.9. The molecule has 8 atom stereocenters. The lowest BCUT2D eigenvalue weighted by Gasteiger charge is -2.64. The SMILES string of the molecule is C[C@]1(O)C[C@H]2OC(=O)[C@@]3(C)CCC[C@@](C)([C@@H]23)[C@@]12CC[C@@]1(CO[C@@H](O)C1)O2. The third kappa shape index (κ3) is 1.80. The van der Waals surface area contributed by atoms with E-state index in [2.05, 4.69) is 6.92 Å². The highest BCUT2D eigenvalue weighted by Gasteiger charge is 2.78. The molecule has 2 N–H and O–H groups in total. The van der Waals surface area contributed by atoms with E-state index in [-0.39, 0.29) is 23.4 Å². The summed E-state index contributed by atoms with van der Waals surface area (Å²) in [6.45, 7) is 6.45. The van der Waals surface area contributed by atoms with E-state index in [1.165, 1.54) is 0 Å². The third-order valence-electron chi connectivity index (χ3n) is 8.66. The van der Waals surface area contributed by atoms with E-state index in [0.29, 0.717) is 19.4 Å². The molecule has 0 aromatic rings. The molecule has 0 amide bonds. The molecule has 2 spiro atoms. The van der Waals surface area contributed by atoms with E-state index in [1.807, 2.05) is 13.8 Å². The maximum Gasteiger partial charge on any atom is 0.312 e. The predicted octanol–water partition coefficient (Wildman–Crippen LogP) is 1.91. The van der Waals surface area contributed by atoms with Crippen molar-refractivity contribution in [3.05, 3.63) is 0 Å². The number of hydrogen-bond acceptors (Lipinski definition) is 6. The number of esters is 1. The van der Waals surface area contributed by atoms with Crippen LogP contribution in [0.1, 0.15) is 65.7 Å². The van der Waals surface area contributed by atoms with Gasteiger partial charge in [-0.05, 0) is 39.5 Å². The second-order valence-corrected chi connectivity index (χ2v) is 10.2. The number of carbonyl (C=O) groups excluding carboxylic acids is 1. The molecule has 6 heteroatoms. The van der Waals surface area contributed by atoms with Crippen molar-refractivity contribution < 1.29 is 29.2 Å². The molecule has 5 fully saturated rings. The van der Waals surface area contributed by atoms with Gasteiger partial charge in [-0.2, -0.15) is 0 Å². The molecule has 3 aliphatic heterocycles. The lowest BCUT2D eigenvalue weighted by molar-refractivity contribution is -0.303. The zero-order chi connectivity index (χ0) is 18.6. The number of hydrogen-bond donors (Lipinski definition) is 2. The Morgan fingerprint density at radius 3 is 2.54 bits per heavy atom. The van der Waals surface area contributed by atoms with Gasteiger partial charge in [-0.25, -0.2) is 0 Å². The standard InChI is InChI=1S/C20H30O6/c1-16-5-4-6-17(2)14(16)12(25-15(16)22)9-18(3,23)20(17)8-7-19(26-20)10-13(21)24-11-19/h12-14,21,23H,4-11H2,1-3H3/t12-,13-,14+,16+,17+,18+,19-,20+/m1/s1. The van der Waals surface area contributed by atoms with Crippen molar-refractivity contribution in [1.82, 2.24) is 0 Å². The molecule has 3 heterocycles. The van der Waals surface area contributed by atoms with Crippen molar-refractivity contribution in [2.24, 2.45) is 16.7 Å². The van der Waals surface area contributed by atoms with Gasteiger partial charge in [-0.1, -0.05) is 13.3 Å². The van der Waals surface area contributed by atoms with Crippen LogP contribution in [0.3, 0.4) is 0 Å². The van der Waals surface area contributed by atoms with E-state index in [1.54, 1.807) is 0 Å². The highest BCUT2D eigenvalue weighted by atomic mass is 16.6. The van der Waals surface area contributed by atoms with Crippen molar-refractivity contribution in [2.75, 3.05) is 6.61 Å². The Labute approximate surface area is 154 Å². The molecular formula is C20H30O6. The average Bonchev–Trinajstić information content (AvgIpc) is 3.17. The summed E-state index contributed by atoms with van der Waals surface area (Å²) in [5.41, 5.74) is -3.22. The van der Waals surface area contributed by atoms with E-state index in [0.717, 1.165) is 32.1 Å². The first-order chi connectivity index (χ1) is 12.1. The summed E-state index contributed by atoms with van der Waals surface area (Å²) in [7, 11) is 0. The van der Waals surface area contributed by atoms with Crippen LogP contribution in [0.4, 0.5) is 0 Å². The van der Waals surface area contributed by atoms with Gasteiger partial charge in [-0.15, -0.1) is 0 Å². The summed E-state index contributed by atoms with van der Waals surface area (Å²) in [5, 5.41) is 21.5. The van der Waals surface area contributed by atoms with E-state index >= 15 is 0 Å². The van der Waals surface area contributed by atoms with Crippen molar-refractivity contribution in [1.29, 1.82) is 0 Å². The molecule has 0 aromatic heterocycles. The fraction of sp³-hybridized carbons (Fsp3) is 0.950. The van der Waals surface area contributed by atoms with Crippen LogP contribution in [0.5, 0.6) is 0 Å². The van der Waals surface area contributed by atoms with Gasteiger partial charge in [0, 0.05) is 24.2 Å². The van der Waals surface area contributed by atoms with Crippen LogP contribution in [-0.4, -0.2) is 52.0 Å². The fourth-order valence-corrected chi connectivity index (χ4v) is 7.60. The van der Waals surface area contributed by atoms with Crippen LogP contribution < -0.4 is 0 Å². The first-order valence-corrected chi connectivity index (χ1v) is 10.0. The van der Waals surface area contributed by atoms with Crippen LogP contribution in [0.25, 0.3) is 0 Å². The summed E-state index contributed by atoms with van der Waals surface area (Å²) >= 11 is 0. The smallest absolute Gasteiger partial charge is 0.312 e. The Hall–Kier alpha value is -0.690. The Morgan fingerprint density at radius 2 is 1.85 bits per heavy atom. The van der Waals surface area contributed by atoms with Crippen LogP contribution in [0.15, 0.2) is 0 Å². The molecule has 0 unspecified atom stereocenters. The van der Waals surface area contributed by atoms with Gasteiger partial charge < -0.3 is 24.4 Å². The molecule has 6 nitrogen and oxygen atoms in total. The highest BCUT2D eigenvalue weighted by Crippen LogP contribution is 2.71. The van der Waals surface area contributed by atoms with Crippen molar-refractivity contribution in [3.63, 3.8) is 0 Å².